The molecule has 0 aromatic heterocycles. The normalized spacial score (nSPS) is 23.1. The SMILES string of the molecule is O=C(O)[C@H]1CCN(C(=O)[C@@H](OC2CCCC2)c2ccccc2)C1. The Kier molecular flexibility index (Phi) is 4.96. The molecule has 2 atom stereocenters. The lowest BCUT2D eigenvalue weighted by molar-refractivity contribution is -0.148. The van der Waals surface area contributed by atoms with Crippen molar-refractivity contribution in [3.63, 3.8) is 0 Å². The van der Waals surface area contributed by atoms with Crippen molar-refractivity contribution < 1.29 is 19.4 Å². The number of carbonyl (C=O) groups excluding carboxylic acids is 1. The maximum atomic E-state index is 12.9. The summed E-state index contributed by atoms with van der Waals surface area (Å²) in [6.45, 7) is 0.776. The molecule has 1 saturated carbocycles. The van der Waals surface area contributed by atoms with Crippen LogP contribution in [0.15, 0.2) is 30.3 Å². The number of likely N-dealkylation sites (tertiary alicyclic amines) is 1. The highest BCUT2D eigenvalue weighted by Crippen LogP contribution is 2.30. The van der Waals surface area contributed by atoms with Gasteiger partial charge in [0.05, 0.1) is 12.0 Å². The number of carboxylic acids is 1. The average molecular weight is 317 g/mol. The van der Waals surface area contributed by atoms with Crippen LogP contribution in [-0.4, -0.2) is 41.1 Å². The third kappa shape index (κ3) is 3.72. The lowest BCUT2D eigenvalue weighted by Crippen LogP contribution is -2.36. The van der Waals surface area contributed by atoms with Gasteiger partial charge in [-0.1, -0.05) is 43.2 Å². The van der Waals surface area contributed by atoms with E-state index in [0.717, 1.165) is 31.2 Å². The summed E-state index contributed by atoms with van der Waals surface area (Å²) in [4.78, 5) is 25.7. The van der Waals surface area contributed by atoms with Gasteiger partial charge in [0.2, 0.25) is 0 Å². The molecule has 0 bridgehead atoms. The maximum Gasteiger partial charge on any atom is 0.308 e. The molecule has 1 N–H and O–H groups in total. The lowest BCUT2D eigenvalue weighted by Gasteiger charge is -2.26. The summed E-state index contributed by atoms with van der Waals surface area (Å²) in [5.41, 5.74) is 0.850. The minimum Gasteiger partial charge on any atom is -0.481 e. The minimum atomic E-state index is -0.826. The van der Waals surface area contributed by atoms with E-state index in [0.29, 0.717) is 13.0 Å². The van der Waals surface area contributed by atoms with Crippen LogP contribution in [0.1, 0.15) is 43.8 Å². The zero-order valence-electron chi connectivity index (χ0n) is 13.2. The van der Waals surface area contributed by atoms with Crippen molar-refractivity contribution in [2.45, 2.75) is 44.3 Å². The molecule has 3 rings (SSSR count). The molecule has 1 aliphatic carbocycles. The van der Waals surface area contributed by atoms with Crippen LogP contribution in [0.2, 0.25) is 0 Å². The van der Waals surface area contributed by atoms with Crippen LogP contribution in [0.25, 0.3) is 0 Å². The van der Waals surface area contributed by atoms with Gasteiger partial charge >= 0.3 is 5.97 Å². The molecule has 0 spiro atoms. The quantitative estimate of drug-likeness (QED) is 0.906. The number of amides is 1. The molecule has 124 valence electrons. The van der Waals surface area contributed by atoms with E-state index in [9.17, 15) is 9.59 Å². The highest BCUT2D eigenvalue weighted by molar-refractivity contribution is 5.83. The summed E-state index contributed by atoms with van der Waals surface area (Å²) < 4.78 is 6.13. The number of carbonyl (C=O) groups is 2. The Morgan fingerprint density at radius 1 is 1.13 bits per heavy atom. The van der Waals surface area contributed by atoms with Gasteiger partial charge in [-0.2, -0.15) is 0 Å². The van der Waals surface area contributed by atoms with Crippen molar-refractivity contribution >= 4 is 11.9 Å². The summed E-state index contributed by atoms with van der Waals surface area (Å²) in [5.74, 6) is -1.39. The third-order valence-corrected chi connectivity index (χ3v) is 4.81. The Balaban J connectivity index is 1.74. The Labute approximate surface area is 136 Å². The van der Waals surface area contributed by atoms with Gasteiger partial charge < -0.3 is 14.7 Å². The molecule has 1 aromatic rings. The summed E-state index contributed by atoms with van der Waals surface area (Å²) in [7, 11) is 0. The molecule has 1 aliphatic heterocycles. The van der Waals surface area contributed by atoms with Gasteiger partial charge in [-0.25, -0.2) is 0 Å². The zero-order chi connectivity index (χ0) is 16.2. The standard InChI is InChI=1S/C18H23NO4/c20-17(19-11-10-14(12-19)18(21)22)16(13-6-2-1-3-7-13)23-15-8-4-5-9-15/h1-3,6-7,14-16H,4-5,8-12H2,(H,21,22)/t14-,16-/m0/s1. The van der Waals surface area contributed by atoms with Gasteiger partial charge in [-0.15, -0.1) is 0 Å². The number of rotatable bonds is 5. The predicted octanol–water partition coefficient (Wildman–Crippen LogP) is 2.62. The maximum absolute atomic E-state index is 12.9. The van der Waals surface area contributed by atoms with E-state index < -0.39 is 18.0 Å². The van der Waals surface area contributed by atoms with Gasteiger partial charge in [0.1, 0.15) is 0 Å². The Bertz CT molecular complexity index is 553. The van der Waals surface area contributed by atoms with Crippen molar-refractivity contribution in [3.05, 3.63) is 35.9 Å². The fourth-order valence-electron chi connectivity index (χ4n) is 3.45. The fraction of sp³-hybridized carbons (Fsp3) is 0.556. The van der Waals surface area contributed by atoms with E-state index >= 15 is 0 Å². The molecule has 0 radical (unpaired) electrons. The second kappa shape index (κ2) is 7.13. The lowest BCUT2D eigenvalue weighted by atomic mass is 10.1. The van der Waals surface area contributed by atoms with Crippen LogP contribution in [0, 0.1) is 5.92 Å². The number of nitrogens with zero attached hydrogens (tertiary/aromatic N) is 1. The molecule has 5 heteroatoms. The van der Waals surface area contributed by atoms with Gasteiger partial charge in [0.25, 0.3) is 5.91 Å². The van der Waals surface area contributed by atoms with Gasteiger partial charge in [-0.3, -0.25) is 9.59 Å². The highest BCUT2D eigenvalue weighted by Gasteiger charge is 2.36. The molecule has 0 unspecified atom stereocenters. The van der Waals surface area contributed by atoms with E-state index in [1.807, 2.05) is 30.3 Å². The van der Waals surface area contributed by atoms with Crippen molar-refractivity contribution in [1.29, 1.82) is 0 Å². The summed E-state index contributed by atoms with van der Waals surface area (Å²) in [5, 5.41) is 9.13. The molecule has 1 amide bonds. The molecule has 1 aromatic carbocycles. The number of benzene rings is 1. The first kappa shape index (κ1) is 16.0. The minimum absolute atomic E-state index is 0.105. The van der Waals surface area contributed by atoms with E-state index in [4.69, 9.17) is 9.84 Å². The largest absolute Gasteiger partial charge is 0.481 e. The van der Waals surface area contributed by atoms with Crippen LogP contribution in [0.3, 0.4) is 0 Å². The van der Waals surface area contributed by atoms with E-state index in [-0.39, 0.29) is 18.6 Å². The first-order valence-electron chi connectivity index (χ1n) is 8.37. The van der Waals surface area contributed by atoms with Crippen molar-refractivity contribution in [2.24, 2.45) is 5.92 Å². The van der Waals surface area contributed by atoms with Crippen molar-refractivity contribution in [3.8, 4) is 0 Å². The summed E-state index contributed by atoms with van der Waals surface area (Å²) in [6.07, 6.45) is 4.30. The molecule has 5 nitrogen and oxygen atoms in total. The van der Waals surface area contributed by atoms with Crippen molar-refractivity contribution in [1.82, 2.24) is 4.90 Å². The summed E-state index contributed by atoms with van der Waals surface area (Å²) >= 11 is 0. The Morgan fingerprint density at radius 3 is 2.43 bits per heavy atom. The number of aliphatic carboxylic acids is 1. The molecule has 2 fully saturated rings. The topological polar surface area (TPSA) is 66.8 Å². The number of hydrogen-bond acceptors (Lipinski definition) is 3. The van der Waals surface area contributed by atoms with E-state index in [2.05, 4.69) is 0 Å². The predicted molar refractivity (Wildman–Crippen MR) is 84.8 cm³/mol. The summed E-state index contributed by atoms with van der Waals surface area (Å²) in [6, 6.07) is 9.52. The third-order valence-electron chi connectivity index (χ3n) is 4.81. The number of carboxylic acid groups (broad SMARTS) is 1. The smallest absolute Gasteiger partial charge is 0.308 e. The van der Waals surface area contributed by atoms with Gasteiger partial charge in [-0.05, 0) is 24.8 Å². The van der Waals surface area contributed by atoms with E-state index in [1.165, 1.54) is 0 Å². The monoisotopic (exact) mass is 317 g/mol. The first-order valence-corrected chi connectivity index (χ1v) is 8.37. The van der Waals surface area contributed by atoms with Crippen LogP contribution >= 0.6 is 0 Å². The van der Waals surface area contributed by atoms with Gasteiger partial charge in [0.15, 0.2) is 6.10 Å². The second-order valence-corrected chi connectivity index (χ2v) is 6.44. The first-order chi connectivity index (χ1) is 11.1. The second-order valence-electron chi connectivity index (χ2n) is 6.44. The average Bonchev–Trinajstić information content (AvgIpc) is 3.24. The number of ether oxygens (including phenoxy) is 1. The zero-order valence-corrected chi connectivity index (χ0v) is 13.2. The molecule has 1 heterocycles. The fourth-order valence-corrected chi connectivity index (χ4v) is 3.45. The van der Waals surface area contributed by atoms with Crippen LogP contribution in [0.4, 0.5) is 0 Å². The molecule has 1 saturated heterocycles. The Hall–Kier alpha value is -1.88. The van der Waals surface area contributed by atoms with Gasteiger partial charge in [0, 0.05) is 13.1 Å². The number of hydrogen-bond donors (Lipinski definition) is 1. The van der Waals surface area contributed by atoms with Crippen LogP contribution < -0.4 is 0 Å². The molecule has 23 heavy (non-hydrogen) atoms. The molecular weight excluding hydrogens is 294 g/mol. The van der Waals surface area contributed by atoms with Crippen LogP contribution in [0.5, 0.6) is 0 Å². The van der Waals surface area contributed by atoms with Crippen molar-refractivity contribution in [2.75, 3.05) is 13.1 Å². The molecule has 2 aliphatic rings. The van der Waals surface area contributed by atoms with E-state index in [1.54, 1.807) is 4.90 Å². The molecular formula is C18H23NO4. The Morgan fingerprint density at radius 2 is 1.83 bits per heavy atom. The highest BCUT2D eigenvalue weighted by atomic mass is 16.5. The van der Waals surface area contributed by atoms with Crippen LogP contribution in [-0.2, 0) is 14.3 Å².